The van der Waals surface area contributed by atoms with Crippen LogP contribution in [0.4, 0.5) is 10.1 Å². The van der Waals surface area contributed by atoms with Gasteiger partial charge in [0, 0.05) is 17.3 Å². The molecule has 2 aromatic carbocycles. The molecule has 0 atom stereocenters. The monoisotopic (exact) mass is 273 g/mol. The zero-order valence-corrected chi connectivity index (χ0v) is 10.7. The molecule has 0 radical (unpaired) electrons. The van der Waals surface area contributed by atoms with Gasteiger partial charge in [0.1, 0.15) is 11.6 Å². The van der Waals surface area contributed by atoms with E-state index in [9.17, 15) is 19.1 Å². The molecule has 0 aliphatic carbocycles. The van der Waals surface area contributed by atoms with Crippen LogP contribution in [-0.2, 0) is 0 Å². The standard InChI is InChI=1S/C15H12FNO3/c1-9(18)10-2-5-12(6-3-10)17-15(20)13-7-4-11(16)8-14(13)19/h2-8,19H,1H3,(H,17,20). The highest BCUT2D eigenvalue weighted by atomic mass is 19.1. The maximum absolute atomic E-state index is 12.8. The maximum Gasteiger partial charge on any atom is 0.259 e. The lowest BCUT2D eigenvalue weighted by Gasteiger charge is -2.07. The van der Waals surface area contributed by atoms with Crippen molar-refractivity contribution < 1.29 is 19.1 Å². The van der Waals surface area contributed by atoms with E-state index in [1.807, 2.05) is 0 Å². The Morgan fingerprint density at radius 1 is 1.10 bits per heavy atom. The summed E-state index contributed by atoms with van der Waals surface area (Å²) in [7, 11) is 0. The number of carbonyl (C=O) groups is 2. The minimum absolute atomic E-state index is 0.0259. The van der Waals surface area contributed by atoms with Crippen molar-refractivity contribution >= 4 is 17.4 Å². The van der Waals surface area contributed by atoms with Gasteiger partial charge in [-0.05, 0) is 43.3 Å². The molecule has 2 rings (SSSR count). The molecule has 1 amide bonds. The Labute approximate surface area is 114 Å². The first kappa shape index (κ1) is 13.7. The number of hydrogen-bond acceptors (Lipinski definition) is 3. The van der Waals surface area contributed by atoms with Crippen molar-refractivity contribution in [2.75, 3.05) is 5.32 Å². The number of phenols is 1. The quantitative estimate of drug-likeness (QED) is 0.845. The molecule has 2 aromatic rings. The van der Waals surface area contributed by atoms with Crippen LogP contribution in [0.1, 0.15) is 27.6 Å². The zero-order valence-electron chi connectivity index (χ0n) is 10.7. The highest BCUT2D eigenvalue weighted by molar-refractivity contribution is 6.06. The molecule has 5 heteroatoms. The second kappa shape index (κ2) is 5.52. The summed E-state index contributed by atoms with van der Waals surface area (Å²) in [6, 6.07) is 9.49. The van der Waals surface area contributed by atoms with Gasteiger partial charge in [0.15, 0.2) is 5.78 Å². The minimum Gasteiger partial charge on any atom is -0.507 e. The normalized spacial score (nSPS) is 10.1. The fourth-order valence-corrected chi connectivity index (χ4v) is 1.68. The summed E-state index contributed by atoms with van der Waals surface area (Å²) < 4.78 is 12.8. The van der Waals surface area contributed by atoms with Crippen molar-refractivity contribution in [1.82, 2.24) is 0 Å². The van der Waals surface area contributed by atoms with E-state index < -0.39 is 17.5 Å². The second-order valence-electron chi connectivity index (χ2n) is 4.25. The van der Waals surface area contributed by atoms with E-state index >= 15 is 0 Å². The van der Waals surface area contributed by atoms with Crippen molar-refractivity contribution in [3.8, 4) is 5.75 Å². The number of hydrogen-bond donors (Lipinski definition) is 2. The van der Waals surface area contributed by atoms with Crippen LogP contribution in [0.15, 0.2) is 42.5 Å². The topological polar surface area (TPSA) is 66.4 Å². The van der Waals surface area contributed by atoms with Crippen LogP contribution in [0.5, 0.6) is 5.75 Å². The van der Waals surface area contributed by atoms with Gasteiger partial charge in [0.25, 0.3) is 5.91 Å². The maximum atomic E-state index is 12.8. The Balaban J connectivity index is 2.17. The van der Waals surface area contributed by atoms with Crippen LogP contribution in [0, 0.1) is 5.82 Å². The van der Waals surface area contributed by atoms with Gasteiger partial charge >= 0.3 is 0 Å². The molecule has 0 saturated carbocycles. The molecule has 102 valence electrons. The number of Topliss-reactive ketones (excluding diaryl/α,β-unsaturated/α-hetero) is 1. The van der Waals surface area contributed by atoms with Crippen molar-refractivity contribution in [1.29, 1.82) is 0 Å². The molecule has 20 heavy (non-hydrogen) atoms. The largest absolute Gasteiger partial charge is 0.507 e. The zero-order chi connectivity index (χ0) is 14.7. The summed E-state index contributed by atoms with van der Waals surface area (Å²) >= 11 is 0. The van der Waals surface area contributed by atoms with Gasteiger partial charge in [-0.15, -0.1) is 0 Å². The number of amides is 1. The van der Waals surface area contributed by atoms with Crippen LogP contribution in [0.25, 0.3) is 0 Å². The molecule has 0 heterocycles. The third kappa shape index (κ3) is 3.00. The Bertz CT molecular complexity index is 665. The summed E-state index contributed by atoms with van der Waals surface area (Å²) in [5, 5.41) is 12.1. The van der Waals surface area contributed by atoms with Crippen molar-refractivity contribution in [3.63, 3.8) is 0 Å². The first-order valence-electron chi connectivity index (χ1n) is 5.88. The number of nitrogens with one attached hydrogen (secondary N) is 1. The molecule has 0 aliphatic heterocycles. The molecule has 4 nitrogen and oxygen atoms in total. The summed E-state index contributed by atoms with van der Waals surface area (Å²) in [5.74, 6) is -1.68. The van der Waals surface area contributed by atoms with E-state index in [2.05, 4.69) is 5.32 Å². The predicted octanol–water partition coefficient (Wildman–Crippen LogP) is 2.99. The SMILES string of the molecule is CC(=O)c1ccc(NC(=O)c2ccc(F)cc2O)cc1. The molecule has 0 aliphatic rings. The minimum atomic E-state index is -0.620. The van der Waals surface area contributed by atoms with Gasteiger partial charge in [-0.1, -0.05) is 0 Å². The average molecular weight is 273 g/mol. The van der Waals surface area contributed by atoms with Crippen molar-refractivity contribution in [3.05, 3.63) is 59.4 Å². The highest BCUT2D eigenvalue weighted by Crippen LogP contribution is 2.20. The van der Waals surface area contributed by atoms with Gasteiger partial charge in [-0.2, -0.15) is 0 Å². The summed E-state index contributed by atoms with van der Waals surface area (Å²) in [6.07, 6.45) is 0. The Kier molecular flexibility index (Phi) is 3.79. The molecule has 2 N–H and O–H groups in total. The number of benzene rings is 2. The molecule has 0 bridgehead atoms. The summed E-state index contributed by atoms with van der Waals surface area (Å²) in [5.41, 5.74) is 0.985. The van der Waals surface area contributed by atoms with Crippen LogP contribution in [0.3, 0.4) is 0 Å². The Morgan fingerprint density at radius 2 is 1.75 bits per heavy atom. The van der Waals surface area contributed by atoms with Crippen LogP contribution < -0.4 is 5.32 Å². The summed E-state index contributed by atoms with van der Waals surface area (Å²) in [6.45, 7) is 1.45. The lowest BCUT2D eigenvalue weighted by molar-refractivity contribution is 0.101. The molecule has 0 saturated heterocycles. The van der Waals surface area contributed by atoms with E-state index in [0.717, 1.165) is 12.1 Å². The van der Waals surface area contributed by atoms with Gasteiger partial charge in [-0.25, -0.2) is 4.39 Å². The fourth-order valence-electron chi connectivity index (χ4n) is 1.68. The van der Waals surface area contributed by atoms with Gasteiger partial charge in [-0.3, -0.25) is 9.59 Å². The number of rotatable bonds is 3. The first-order chi connectivity index (χ1) is 9.47. The molecule has 0 fully saturated rings. The number of phenolic OH excluding ortho intramolecular Hbond substituents is 1. The van der Waals surface area contributed by atoms with Gasteiger partial charge < -0.3 is 10.4 Å². The first-order valence-corrected chi connectivity index (χ1v) is 5.88. The third-order valence-corrected chi connectivity index (χ3v) is 2.75. The van der Waals surface area contributed by atoms with E-state index in [4.69, 9.17) is 0 Å². The number of ketones is 1. The van der Waals surface area contributed by atoms with E-state index in [-0.39, 0.29) is 11.3 Å². The number of carbonyl (C=O) groups excluding carboxylic acids is 2. The average Bonchev–Trinajstić information content (AvgIpc) is 2.39. The van der Waals surface area contributed by atoms with Crippen molar-refractivity contribution in [2.24, 2.45) is 0 Å². The molecular weight excluding hydrogens is 261 g/mol. The highest BCUT2D eigenvalue weighted by Gasteiger charge is 2.12. The smallest absolute Gasteiger partial charge is 0.259 e. The Morgan fingerprint density at radius 3 is 2.30 bits per heavy atom. The number of anilines is 1. The number of aromatic hydroxyl groups is 1. The third-order valence-electron chi connectivity index (χ3n) is 2.75. The molecular formula is C15H12FNO3. The van der Waals surface area contributed by atoms with Gasteiger partial charge in [0.2, 0.25) is 0 Å². The van der Waals surface area contributed by atoms with Crippen molar-refractivity contribution in [2.45, 2.75) is 6.92 Å². The van der Waals surface area contributed by atoms with Gasteiger partial charge in [0.05, 0.1) is 5.56 Å². The lowest BCUT2D eigenvalue weighted by atomic mass is 10.1. The lowest BCUT2D eigenvalue weighted by Crippen LogP contribution is -2.12. The van der Waals surface area contributed by atoms with Crippen LogP contribution >= 0.6 is 0 Å². The number of halogens is 1. The van der Waals surface area contributed by atoms with Crippen LogP contribution in [-0.4, -0.2) is 16.8 Å². The predicted molar refractivity (Wildman–Crippen MR) is 72.5 cm³/mol. The molecule has 0 aromatic heterocycles. The van der Waals surface area contributed by atoms with Crippen LogP contribution in [0.2, 0.25) is 0 Å². The van der Waals surface area contributed by atoms with E-state index in [1.165, 1.54) is 13.0 Å². The summed E-state index contributed by atoms with van der Waals surface area (Å²) in [4.78, 5) is 23.0. The Hall–Kier alpha value is -2.69. The fraction of sp³-hybridized carbons (Fsp3) is 0.0667. The second-order valence-corrected chi connectivity index (χ2v) is 4.25. The molecule has 0 unspecified atom stereocenters. The van der Waals surface area contributed by atoms with E-state index in [0.29, 0.717) is 11.3 Å². The molecule has 0 spiro atoms. The van der Waals surface area contributed by atoms with E-state index in [1.54, 1.807) is 24.3 Å².